The fraction of sp³-hybridized carbons (Fsp3) is 0.875. The molecule has 0 spiro atoms. The molecule has 12 heavy (non-hydrogen) atoms. The number of nitrogens with zero attached hydrogens (tertiary/aromatic N) is 1. The topological polar surface area (TPSA) is 49.8 Å². The Morgan fingerprint density at radius 2 is 2.42 bits per heavy atom. The Labute approximate surface area is 71.1 Å². The monoisotopic (exact) mass is 171 g/mol. The van der Waals surface area contributed by atoms with Gasteiger partial charge in [-0.15, -0.1) is 0 Å². The van der Waals surface area contributed by atoms with Gasteiger partial charge in [-0.3, -0.25) is 9.69 Å². The molecule has 4 nitrogen and oxygen atoms in total. The molecule has 0 bridgehead atoms. The Hall–Kier alpha value is -0.610. The molecule has 4 heteroatoms. The number of fused-ring (bicyclic) bond motifs is 1. The van der Waals surface area contributed by atoms with Crippen LogP contribution in [0.2, 0.25) is 0 Å². The van der Waals surface area contributed by atoms with Gasteiger partial charge in [0.05, 0.1) is 19.1 Å². The Balaban J connectivity index is 1.98. The van der Waals surface area contributed by atoms with Crippen molar-refractivity contribution in [1.82, 2.24) is 4.90 Å². The quantitative estimate of drug-likeness (QED) is 0.593. The standard InChI is InChI=1S/C8H13NO3/c10-8(11)6-3-7-5-12-2-1-9(7)4-6/h6-7H,1-5H2,(H,10,11)/t6-,7-/m1/s1. The first-order valence-electron chi connectivity index (χ1n) is 4.32. The van der Waals surface area contributed by atoms with Crippen molar-refractivity contribution >= 4 is 5.97 Å². The Morgan fingerprint density at radius 1 is 1.58 bits per heavy atom. The van der Waals surface area contributed by atoms with Gasteiger partial charge in [-0.2, -0.15) is 0 Å². The van der Waals surface area contributed by atoms with E-state index in [4.69, 9.17) is 9.84 Å². The number of aliphatic carboxylic acids is 1. The van der Waals surface area contributed by atoms with Crippen molar-refractivity contribution in [1.29, 1.82) is 0 Å². The van der Waals surface area contributed by atoms with Crippen LogP contribution in [0.3, 0.4) is 0 Å². The number of rotatable bonds is 1. The minimum Gasteiger partial charge on any atom is -0.481 e. The van der Waals surface area contributed by atoms with Crippen LogP contribution in [0.1, 0.15) is 6.42 Å². The molecule has 0 saturated carbocycles. The summed E-state index contributed by atoms with van der Waals surface area (Å²) in [5.74, 6) is -0.832. The minimum atomic E-state index is -0.663. The molecule has 2 atom stereocenters. The van der Waals surface area contributed by atoms with E-state index in [0.29, 0.717) is 19.2 Å². The molecule has 2 aliphatic rings. The predicted molar refractivity (Wildman–Crippen MR) is 41.9 cm³/mol. The number of hydrogen-bond acceptors (Lipinski definition) is 3. The van der Waals surface area contributed by atoms with Gasteiger partial charge in [-0.05, 0) is 6.42 Å². The maximum Gasteiger partial charge on any atom is 0.307 e. The van der Waals surface area contributed by atoms with Crippen molar-refractivity contribution in [2.24, 2.45) is 5.92 Å². The highest BCUT2D eigenvalue weighted by Gasteiger charge is 2.37. The number of carbonyl (C=O) groups is 1. The molecule has 0 radical (unpaired) electrons. The number of hydrogen-bond donors (Lipinski definition) is 1. The Kier molecular flexibility index (Phi) is 2.02. The lowest BCUT2D eigenvalue weighted by atomic mass is 10.1. The molecule has 2 heterocycles. The van der Waals surface area contributed by atoms with Gasteiger partial charge in [0.2, 0.25) is 0 Å². The van der Waals surface area contributed by atoms with Crippen LogP contribution in [0.25, 0.3) is 0 Å². The second-order valence-corrected chi connectivity index (χ2v) is 3.49. The molecule has 0 unspecified atom stereocenters. The van der Waals surface area contributed by atoms with E-state index in [1.807, 2.05) is 0 Å². The van der Waals surface area contributed by atoms with E-state index in [0.717, 1.165) is 19.6 Å². The third-order valence-electron chi connectivity index (χ3n) is 2.71. The largest absolute Gasteiger partial charge is 0.481 e. The summed E-state index contributed by atoms with van der Waals surface area (Å²) in [6, 6.07) is 0.361. The summed E-state index contributed by atoms with van der Waals surface area (Å²) in [6.07, 6.45) is 0.759. The summed E-state index contributed by atoms with van der Waals surface area (Å²) in [4.78, 5) is 12.9. The zero-order chi connectivity index (χ0) is 8.55. The smallest absolute Gasteiger partial charge is 0.307 e. The van der Waals surface area contributed by atoms with Crippen molar-refractivity contribution in [3.05, 3.63) is 0 Å². The first kappa shape index (κ1) is 8.01. The lowest BCUT2D eigenvalue weighted by Gasteiger charge is -2.28. The van der Waals surface area contributed by atoms with Crippen molar-refractivity contribution in [2.45, 2.75) is 12.5 Å². The molecule has 2 aliphatic heterocycles. The molecule has 2 fully saturated rings. The molecule has 0 aromatic carbocycles. The lowest BCUT2D eigenvalue weighted by molar-refractivity contribution is -0.141. The third kappa shape index (κ3) is 1.32. The fourth-order valence-corrected chi connectivity index (χ4v) is 2.01. The average molecular weight is 171 g/mol. The third-order valence-corrected chi connectivity index (χ3v) is 2.71. The van der Waals surface area contributed by atoms with Gasteiger partial charge in [0, 0.05) is 19.1 Å². The van der Waals surface area contributed by atoms with Crippen LogP contribution < -0.4 is 0 Å². The van der Waals surface area contributed by atoms with E-state index in [9.17, 15) is 4.79 Å². The van der Waals surface area contributed by atoms with E-state index in [2.05, 4.69) is 4.90 Å². The molecular formula is C8H13NO3. The molecule has 2 rings (SSSR count). The second-order valence-electron chi connectivity index (χ2n) is 3.49. The normalized spacial score (nSPS) is 36.3. The van der Waals surface area contributed by atoms with Crippen LogP contribution in [-0.2, 0) is 9.53 Å². The molecule has 68 valence electrons. The number of carboxylic acids is 1. The lowest BCUT2D eigenvalue weighted by Crippen LogP contribution is -2.40. The summed E-state index contributed by atoms with van der Waals surface area (Å²) in [5, 5.41) is 8.79. The molecule has 0 aromatic heterocycles. The zero-order valence-corrected chi connectivity index (χ0v) is 6.90. The van der Waals surface area contributed by atoms with Crippen molar-refractivity contribution in [3.8, 4) is 0 Å². The highest BCUT2D eigenvalue weighted by Crippen LogP contribution is 2.25. The minimum absolute atomic E-state index is 0.170. The van der Waals surface area contributed by atoms with Crippen LogP contribution in [-0.4, -0.2) is 48.3 Å². The maximum atomic E-state index is 10.7. The first-order valence-corrected chi connectivity index (χ1v) is 4.32. The number of ether oxygens (including phenoxy) is 1. The predicted octanol–water partition coefficient (Wildman–Crippen LogP) is -0.208. The second kappa shape index (κ2) is 3.03. The summed E-state index contributed by atoms with van der Waals surface area (Å²) in [6.45, 7) is 3.07. The van der Waals surface area contributed by atoms with Gasteiger partial charge in [-0.25, -0.2) is 0 Å². The number of carboxylic acid groups (broad SMARTS) is 1. The van der Waals surface area contributed by atoms with Crippen LogP contribution in [0.15, 0.2) is 0 Å². The van der Waals surface area contributed by atoms with Crippen molar-refractivity contribution in [2.75, 3.05) is 26.3 Å². The average Bonchev–Trinajstić information content (AvgIpc) is 2.46. The van der Waals surface area contributed by atoms with Gasteiger partial charge in [0.15, 0.2) is 0 Å². The molecule has 0 aromatic rings. The van der Waals surface area contributed by atoms with Gasteiger partial charge in [-0.1, -0.05) is 0 Å². The summed E-state index contributed by atoms with van der Waals surface area (Å²) < 4.78 is 5.28. The van der Waals surface area contributed by atoms with E-state index < -0.39 is 5.97 Å². The van der Waals surface area contributed by atoms with Crippen molar-refractivity contribution < 1.29 is 14.6 Å². The Bertz CT molecular complexity index is 181. The SMILES string of the molecule is O=C(O)[C@@H]1C[C@@H]2COCCN2C1. The van der Waals surface area contributed by atoms with Crippen LogP contribution in [0, 0.1) is 5.92 Å². The number of morpholine rings is 1. The zero-order valence-electron chi connectivity index (χ0n) is 6.90. The van der Waals surface area contributed by atoms with Crippen LogP contribution in [0.4, 0.5) is 0 Å². The van der Waals surface area contributed by atoms with Gasteiger partial charge >= 0.3 is 5.97 Å². The maximum absolute atomic E-state index is 10.7. The highest BCUT2D eigenvalue weighted by atomic mass is 16.5. The van der Waals surface area contributed by atoms with Gasteiger partial charge < -0.3 is 9.84 Å². The van der Waals surface area contributed by atoms with Gasteiger partial charge in [0.25, 0.3) is 0 Å². The first-order chi connectivity index (χ1) is 5.77. The van der Waals surface area contributed by atoms with E-state index in [-0.39, 0.29) is 5.92 Å². The molecule has 1 N–H and O–H groups in total. The summed E-state index contributed by atoms with van der Waals surface area (Å²) in [7, 11) is 0. The van der Waals surface area contributed by atoms with E-state index in [1.165, 1.54) is 0 Å². The Morgan fingerprint density at radius 3 is 3.08 bits per heavy atom. The van der Waals surface area contributed by atoms with Gasteiger partial charge in [0.1, 0.15) is 0 Å². The highest BCUT2D eigenvalue weighted by molar-refractivity contribution is 5.70. The molecule has 0 amide bonds. The molecular weight excluding hydrogens is 158 g/mol. The summed E-state index contributed by atoms with van der Waals surface area (Å²) >= 11 is 0. The van der Waals surface area contributed by atoms with E-state index in [1.54, 1.807) is 0 Å². The fourth-order valence-electron chi connectivity index (χ4n) is 2.01. The summed E-state index contributed by atoms with van der Waals surface area (Å²) in [5.41, 5.74) is 0. The van der Waals surface area contributed by atoms with Crippen molar-refractivity contribution in [3.63, 3.8) is 0 Å². The van der Waals surface area contributed by atoms with Crippen LogP contribution >= 0.6 is 0 Å². The molecule has 2 saturated heterocycles. The van der Waals surface area contributed by atoms with E-state index >= 15 is 0 Å². The molecule has 0 aliphatic carbocycles. The van der Waals surface area contributed by atoms with Crippen LogP contribution in [0.5, 0.6) is 0 Å².